The molecular weight excluding hydrogens is 252 g/mol. The molecule has 1 unspecified atom stereocenters. The Labute approximate surface area is 111 Å². The molecule has 0 saturated heterocycles. The fourth-order valence-electron chi connectivity index (χ4n) is 1.72. The quantitative estimate of drug-likeness (QED) is 0.854. The van der Waals surface area contributed by atoms with E-state index in [1.165, 1.54) is 22.5 Å². The Kier molecular flexibility index (Phi) is 3.57. The number of aryl methyl sites for hydroxylation is 3. The van der Waals surface area contributed by atoms with Crippen molar-refractivity contribution in [3.05, 3.63) is 55.7 Å². The minimum atomic E-state index is -0.625. The van der Waals surface area contributed by atoms with Crippen LogP contribution in [0.3, 0.4) is 0 Å². The van der Waals surface area contributed by atoms with E-state index in [-0.39, 0.29) is 0 Å². The predicted molar refractivity (Wildman–Crippen MR) is 74.0 cm³/mol. The van der Waals surface area contributed by atoms with Crippen LogP contribution in [0.15, 0.2) is 23.6 Å². The average Bonchev–Trinajstić information content (AvgIpc) is 2.63. The first kappa shape index (κ1) is 12.6. The van der Waals surface area contributed by atoms with Gasteiger partial charge in [-0.3, -0.25) is 0 Å². The summed E-state index contributed by atoms with van der Waals surface area (Å²) in [6.45, 7) is 6.07. The maximum Gasteiger partial charge on any atom is 0.115 e. The summed E-state index contributed by atoms with van der Waals surface area (Å²) >= 11 is 7.68. The Hall–Kier alpha value is -0.830. The minimum absolute atomic E-state index is 0.625. The third kappa shape index (κ3) is 2.39. The van der Waals surface area contributed by atoms with Crippen LogP contribution in [0.1, 0.15) is 33.2 Å². The molecule has 1 N–H and O–H groups in total. The molecule has 0 spiro atoms. The van der Waals surface area contributed by atoms with Gasteiger partial charge in [-0.25, -0.2) is 0 Å². The van der Waals surface area contributed by atoms with Crippen LogP contribution in [0.5, 0.6) is 0 Å². The Morgan fingerprint density at radius 3 is 2.35 bits per heavy atom. The van der Waals surface area contributed by atoms with E-state index in [2.05, 4.69) is 6.92 Å². The smallest absolute Gasteiger partial charge is 0.115 e. The first-order valence-corrected chi connectivity index (χ1v) is 6.75. The maximum atomic E-state index is 10.3. The normalized spacial score (nSPS) is 12.8. The predicted octanol–water partition coefficient (Wildman–Crippen LogP) is 4.41. The van der Waals surface area contributed by atoms with Crippen LogP contribution in [0.4, 0.5) is 0 Å². The van der Waals surface area contributed by atoms with Crippen LogP contribution in [0.2, 0.25) is 5.02 Å². The van der Waals surface area contributed by atoms with Crippen LogP contribution >= 0.6 is 22.9 Å². The van der Waals surface area contributed by atoms with Gasteiger partial charge in [0.15, 0.2) is 0 Å². The summed E-state index contributed by atoms with van der Waals surface area (Å²) in [5.41, 5.74) is 4.34. The first-order valence-electron chi connectivity index (χ1n) is 5.49. The summed E-state index contributed by atoms with van der Waals surface area (Å²) in [5, 5.41) is 13.0. The Morgan fingerprint density at radius 1 is 1.12 bits per heavy atom. The molecule has 0 bridgehead atoms. The minimum Gasteiger partial charge on any atom is -0.383 e. The summed E-state index contributed by atoms with van der Waals surface area (Å²) in [5.74, 6) is 0. The highest BCUT2D eigenvalue weighted by Crippen LogP contribution is 2.35. The van der Waals surface area contributed by atoms with Gasteiger partial charge in [0.25, 0.3) is 0 Å². The summed E-state index contributed by atoms with van der Waals surface area (Å²) in [6.07, 6.45) is -0.625. The standard InChI is InChI=1S/C14H15ClOS/c1-8-4-5-11(6-9(8)2)13(16)14-12(15)10(3)7-17-14/h4-7,13,16H,1-3H3. The van der Waals surface area contributed by atoms with Gasteiger partial charge in [0, 0.05) is 0 Å². The number of aliphatic hydroxyl groups is 1. The Morgan fingerprint density at radius 2 is 1.82 bits per heavy atom. The van der Waals surface area contributed by atoms with Crippen molar-refractivity contribution in [1.82, 2.24) is 0 Å². The van der Waals surface area contributed by atoms with Crippen molar-refractivity contribution in [3.8, 4) is 0 Å². The molecule has 0 aliphatic rings. The maximum absolute atomic E-state index is 10.3. The van der Waals surface area contributed by atoms with Crippen LogP contribution < -0.4 is 0 Å². The molecule has 0 amide bonds. The van der Waals surface area contributed by atoms with Crippen molar-refractivity contribution in [2.24, 2.45) is 0 Å². The second-order valence-corrected chi connectivity index (χ2v) is 5.63. The lowest BCUT2D eigenvalue weighted by molar-refractivity contribution is 0.224. The number of rotatable bonds is 2. The number of thiophene rings is 1. The van der Waals surface area contributed by atoms with E-state index in [9.17, 15) is 5.11 Å². The third-order valence-electron chi connectivity index (χ3n) is 3.02. The molecule has 90 valence electrons. The fourth-order valence-corrected chi connectivity index (χ4v) is 3.03. The number of aliphatic hydroxyl groups excluding tert-OH is 1. The molecule has 0 aliphatic carbocycles. The average molecular weight is 267 g/mol. The summed E-state index contributed by atoms with van der Waals surface area (Å²) < 4.78 is 0. The molecule has 0 saturated carbocycles. The molecule has 1 aromatic heterocycles. The van der Waals surface area contributed by atoms with Crippen LogP contribution in [-0.2, 0) is 0 Å². The molecule has 1 aromatic carbocycles. The van der Waals surface area contributed by atoms with E-state index < -0.39 is 6.10 Å². The molecule has 1 nitrogen and oxygen atoms in total. The van der Waals surface area contributed by atoms with Crippen molar-refractivity contribution >= 4 is 22.9 Å². The van der Waals surface area contributed by atoms with Gasteiger partial charge in [0.2, 0.25) is 0 Å². The van der Waals surface area contributed by atoms with Gasteiger partial charge < -0.3 is 5.11 Å². The summed E-state index contributed by atoms with van der Waals surface area (Å²) in [6, 6.07) is 6.01. The van der Waals surface area contributed by atoms with Gasteiger partial charge in [-0.2, -0.15) is 0 Å². The van der Waals surface area contributed by atoms with Gasteiger partial charge in [0.1, 0.15) is 6.10 Å². The molecule has 3 heteroatoms. The number of benzene rings is 1. The van der Waals surface area contributed by atoms with Crippen LogP contribution in [0, 0.1) is 20.8 Å². The highest BCUT2D eigenvalue weighted by Gasteiger charge is 2.17. The lowest BCUT2D eigenvalue weighted by Gasteiger charge is -2.12. The highest BCUT2D eigenvalue weighted by molar-refractivity contribution is 7.10. The topological polar surface area (TPSA) is 20.2 Å². The largest absolute Gasteiger partial charge is 0.383 e. The zero-order valence-corrected chi connectivity index (χ0v) is 11.7. The zero-order chi connectivity index (χ0) is 12.6. The van der Waals surface area contributed by atoms with Gasteiger partial charge in [-0.05, 0) is 48.4 Å². The second-order valence-electron chi connectivity index (χ2n) is 4.34. The summed E-state index contributed by atoms with van der Waals surface area (Å²) in [7, 11) is 0. The Balaban J connectivity index is 2.40. The van der Waals surface area contributed by atoms with Crippen molar-refractivity contribution in [3.63, 3.8) is 0 Å². The highest BCUT2D eigenvalue weighted by atomic mass is 35.5. The number of halogens is 1. The molecule has 17 heavy (non-hydrogen) atoms. The van der Waals surface area contributed by atoms with E-state index >= 15 is 0 Å². The lowest BCUT2D eigenvalue weighted by atomic mass is 10.0. The molecule has 0 aliphatic heterocycles. The van der Waals surface area contributed by atoms with Gasteiger partial charge in [0.05, 0.1) is 9.90 Å². The van der Waals surface area contributed by atoms with E-state index in [0.717, 1.165) is 16.0 Å². The van der Waals surface area contributed by atoms with Gasteiger partial charge >= 0.3 is 0 Å². The van der Waals surface area contributed by atoms with Crippen molar-refractivity contribution in [2.75, 3.05) is 0 Å². The number of hydrogen-bond donors (Lipinski definition) is 1. The second kappa shape index (κ2) is 4.81. The monoisotopic (exact) mass is 266 g/mol. The SMILES string of the molecule is Cc1ccc(C(O)c2scc(C)c2Cl)cc1C. The molecule has 2 rings (SSSR count). The molecule has 1 heterocycles. The van der Waals surface area contributed by atoms with E-state index in [1.54, 1.807) is 0 Å². The van der Waals surface area contributed by atoms with Crippen LogP contribution in [0.25, 0.3) is 0 Å². The van der Waals surface area contributed by atoms with Crippen LogP contribution in [-0.4, -0.2) is 5.11 Å². The van der Waals surface area contributed by atoms with Gasteiger partial charge in [-0.1, -0.05) is 29.8 Å². The molecule has 0 fully saturated rings. The molecular formula is C14H15ClOS. The lowest BCUT2D eigenvalue weighted by Crippen LogP contribution is -1.99. The molecule has 1 atom stereocenters. The third-order valence-corrected chi connectivity index (χ3v) is 4.79. The van der Waals surface area contributed by atoms with E-state index in [4.69, 9.17) is 11.6 Å². The van der Waals surface area contributed by atoms with Crippen molar-refractivity contribution in [1.29, 1.82) is 0 Å². The summed E-state index contributed by atoms with van der Waals surface area (Å²) in [4.78, 5) is 0.826. The molecule has 0 radical (unpaired) electrons. The fraction of sp³-hybridized carbons (Fsp3) is 0.286. The molecule has 2 aromatic rings. The Bertz CT molecular complexity index is 545. The zero-order valence-electron chi connectivity index (χ0n) is 10.1. The number of hydrogen-bond acceptors (Lipinski definition) is 2. The first-order chi connectivity index (χ1) is 8.00. The van der Waals surface area contributed by atoms with E-state index in [0.29, 0.717) is 5.02 Å². The van der Waals surface area contributed by atoms with Crippen molar-refractivity contribution in [2.45, 2.75) is 26.9 Å². The van der Waals surface area contributed by atoms with E-state index in [1.807, 2.05) is 37.4 Å². The van der Waals surface area contributed by atoms with Gasteiger partial charge in [-0.15, -0.1) is 11.3 Å². The van der Waals surface area contributed by atoms with Crippen molar-refractivity contribution < 1.29 is 5.11 Å².